The van der Waals surface area contributed by atoms with E-state index in [2.05, 4.69) is 0 Å². The van der Waals surface area contributed by atoms with Crippen LogP contribution in [0.1, 0.15) is 16.8 Å². The maximum atomic E-state index is 11.9. The van der Waals surface area contributed by atoms with Gasteiger partial charge >= 0.3 is 0 Å². The van der Waals surface area contributed by atoms with Crippen LogP contribution in [0.4, 0.5) is 0 Å². The molecule has 1 saturated heterocycles. The lowest BCUT2D eigenvalue weighted by Crippen LogP contribution is -2.35. The number of ether oxygens (including phenoxy) is 1. The van der Waals surface area contributed by atoms with Crippen LogP contribution in [0.25, 0.3) is 0 Å². The van der Waals surface area contributed by atoms with Crippen molar-refractivity contribution in [2.75, 3.05) is 13.2 Å². The first-order valence-electron chi connectivity index (χ1n) is 5.29. The summed E-state index contributed by atoms with van der Waals surface area (Å²) in [5.74, 6) is 0. The Morgan fingerprint density at radius 3 is 2.81 bits per heavy atom. The van der Waals surface area contributed by atoms with Gasteiger partial charge in [-0.25, -0.2) is 0 Å². The third-order valence-electron chi connectivity index (χ3n) is 2.53. The molecule has 2 rings (SSSR count). The SMILES string of the molecule is O=C(S[C@@H]1CCOC[C@H]1O)c1ccccc1. The van der Waals surface area contributed by atoms with Crippen LogP contribution >= 0.6 is 11.8 Å². The minimum Gasteiger partial charge on any atom is -0.390 e. The highest BCUT2D eigenvalue weighted by Gasteiger charge is 2.26. The lowest BCUT2D eigenvalue weighted by atomic mass is 10.2. The van der Waals surface area contributed by atoms with E-state index in [4.69, 9.17) is 4.74 Å². The molecule has 0 spiro atoms. The van der Waals surface area contributed by atoms with E-state index in [-0.39, 0.29) is 10.4 Å². The summed E-state index contributed by atoms with van der Waals surface area (Å²) in [4.78, 5) is 11.9. The van der Waals surface area contributed by atoms with Gasteiger partial charge in [0.1, 0.15) is 0 Å². The molecule has 0 aliphatic carbocycles. The van der Waals surface area contributed by atoms with Crippen molar-refractivity contribution in [3.05, 3.63) is 35.9 Å². The lowest BCUT2D eigenvalue weighted by Gasteiger charge is -2.26. The second kappa shape index (κ2) is 5.48. The average Bonchev–Trinajstić information content (AvgIpc) is 2.33. The molecule has 4 heteroatoms. The molecule has 3 nitrogen and oxygen atoms in total. The minimum absolute atomic E-state index is 0.0200. The Bertz CT molecular complexity index is 353. The van der Waals surface area contributed by atoms with Crippen molar-refractivity contribution >= 4 is 16.9 Å². The molecule has 0 unspecified atom stereocenters. The first kappa shape index (κ1) is 11.6. The number of carbonyl (C=O) groups excluding carboxylic acids is 1. The van der Waals surface area contributed by atoms with Gasteiger partial charge in [-0.1, -0.05) is 42.1 Å². The van der Waals surface area contributed by atoms with E-state index in [0.29, 0.717) is 18.8 Å². The van der Waals surface area contributed by atoms with Gasteiger partial charge in [0, 0.05) is 17.4 Å². The van der Waals surface area contributed by atoms with Crippen LogP contribution in [0.15, 0.2) is 30.3 Å². The van der Waals surface area contributed by atoms with E-state index < -0.39 is 6.10 Å². The average molecular weight is 238 g/mol. The Balaban J connectivity index is 1.96. The smallest absolute Gasteiger partial charge is 0.219 e. The topological polar surface area (TPSA) is 46.5 Å². The van der Waals surface area contributed by atoms with Crippen molar-refractivity contribution in [1.29, 1.82) is 0 Å². The highest BCUT2D eigenvalue weighted by Crippen LogP contribution is 2.25. The van der Waals surface area contributed by atoms with Gasteiger partial charge in [0.25, 0.3) is 0 Å². The number of aliphatic hydroxyl groups excluding tert-OH is 1. The Morgan fingerprint density at radius 2 is 2.12 bits per heavy atom. The summed E-state index contributed by atoms with van der Waals surface area (Å²) in [5, 5.41) is 9.65. The quantitative estimate of drug-likeness (QED) is 0.852. The monoisotopic (exact) mass is 238 g/mol. The van der Waals surface area contributed by atoms with Gasteiger partial charge < -0.3 is 9.84 Å². The molecular formula is C12H14O3S. The number of thioether (sulfide) groups is 1. The fraction of sp³-hybridized carbons (Fsp3) is 0.417. The van der Waals surface area contributed by atoms with Crippen LogP contribution in [0.5, 0.6) is 0 Å². The minimum atomic E-state index is -0.536. The van der Waals surface area contributed by atoms with Crippen LogP contribution < -0.4 is 0 Å². The van der Waals surface area contributed by atoms with Crippen molar-refractivity contribution in [3.8, 4) is 0 Å². The van der Waals surface area contributed by atoms with Crippen molar-refractivity contribution in [2.24, 2.45) is 0 Å². The standard InChI is InChI=1S/C12H14O3S/c13-10-8-15-7-6-11(10)16-12(14)9-4-2-1-3-5-9/h1-5,10-11,13H,6-8H2/t10-,11-/m1/s1. The zero-order valence-electron chi connectivity index (χ0n) is 8.83. The van der Waals surface area contributed by atoms with E-state index in [1.807, 2.05) is 18.2 Å². The van der Waals surface area contributed by atoms with Gasteiger partial charge in [-0.15, -0.1) is 0 Å². The van der Waals surface area contributed by atoms with Crippen LogP contribution in [-0.2, 0) is 4.74 Å². The van der Waals surface area contributed by atoms with Crippen molar-refractivity contribution in [3.63, 3.8) is 0 Å². The molecule has 1 fully saturated rings. The summed E-state index contributed by atoms with van der Waals surface area (Å²) in [6.07, 6.45) is 0.191. The van der Waals surface area contributed by atoms with Gasteiger partial charge in [0.2, 0.25) is 5.12 Å². The molecule has 1 aliphatic heterocycles. The summed E-state index contributed by atoms with van der Waals surface area (Å²) >= 11 is 1.21. The predicted molar refractivity (Wildman–Crippen MR) is 63.6 cm³/mol. The molecule has 1 aliphatic rings. The zero-order chi connectivity index (χ0) is 11.4. The van der Waals surface area contributed by atoms with Crippen LogP contribution in [0.3, 0.4) is 0 Å². The van der Waals surface area contributed by atoms with Gasteiger partial charge in [0.15, 0.2) is 0 Å². The van der Waals surface area contributed by atoms with Crippen molar-refractivity contribution in [2.45, 2.75) is 17.8 Å². The summed E-state index contributed by atoms with van der Waals surface area (Å²) in [5.41, 5.74) is 0.686. The second-order valence-electron chi connectivity index (χ2n) is 3.74. The van der Waals surface area contributed by atoms with E-state index in [0.717, 1.165) is 6.42 Å². The lowest BCUT2D eigenvalue weighted by molar-refractivity contribution is -0.000670. The first-order valence-corrected chi connectivity index (χ1v) is 6.17. The highest BCUT2D eigenvalue weighted by molar-refractivity contribution is 8.14. The summed E-state index contributed by atoms with van der Waals surface area (Å²) < 4.78 is 5.12. The molecule has 16 heavy (non-hydrogen) atoms. The number of carbonyl (C=O) groups is 1. The maximum absolute atomic E-state index is 11.9. The van der Waals surface area contributed by atoms with Crippen molar-refractivity contribution < 1.29 is 14.6 Å². The molecule has 1 aromatic rings. The number of hydrogen-bond acceptors (Lipinski definition) is 4. The van der Waals surface area contributed by atoms with Crippen LogP contribution in [-0.4, -0.2) is 34.8 Å². The highest BCUT2D eigenvalue weighted by atomic mass is 32.2. The molecule has 1 aromatic carbocycles. The normalized spacial score (nSPS) is 25.3. The molecule has 2 atom stereocenters. The molecular weight excluding hydrogens is 224 g/mol. The van der Waals surface area contributed by atoms with E-state index in [9.17, 15) is 9.90 Å². The zero-order valence-corrected chi connectivity index (χ0v) is 9.65. The summed E-state index contributed by atoms with van der Waals surface area (Å²) in [6, 6.07) is 9.15. The fourth-order valence-corrected chi connectivity index (χ4v) is 2.62. The molecule has 0 amide bonds. The molecule has 0 saturated carbocycles. The van der Waals surface area contributed by atoms with Crippen molar-refractivity contribution in [1.82, 2.24) is 0 Å². The number of benzene rings is 1. The molecule has 1 heterocycles. The molecule has 1 N–H and O–H groups in total. The fourth-order valence-electron chi connectivity index (χ4n) is 1.62. The third-order valence-corrected chi connectivity index (χ3v) is 3.83. The third kappa shape index (κ3) is 2.84. The Kier molecular flexibility index (Phi) is 3.98. The predicted octanol–water partition coefficient (Wildman–Crippen LogP) is 1.71. The number of rotatable bonds is 2. The number of hydrogen-bond donors (Lipinski definition) is 1. The Hall–Kier alpha value is -0.840. The number of aliphatic hydroxyl groups is 1. The molecule has 0 bridgehead atoms. The van der Waals surface area contributed by atoms with Crippen LogP contribution in [0.2, 0.25) is 0 Å². The van der Waals surface area contributed by atoms with E-state index in [1.54, 1.807) is 12.1 Å². The Morgan fingerprint density at radius 1 is 1.38 bits per heavy atom. The van der Waals surface area contributed by atoms with Gasteiger partial charge in [-0.3, -0.25) is 4.79 Å². The largest absolute Gasteiger partial charge is 0.390 e. The second-order valence-corrected chi connectivity index (χ2v) is 4.95. The van der Waals surface area contributed by atoms with E-state index >= 15 is 0 Å². The Labute approximate surface area is 98.8 Å². The van der Waals surface area contributed by atoms with E-state index in [1.165, 1.54) is 11.8 Å². The van der Waals surface area contributed by atoms with Gasteiger partial charge in [0.05, 0.1) is 12.7 Å². The molecule has 0 aromatic heterocycles. The summed E-state index contributed by atoms with van der Waals surface area (Å²) in [7, 11) is 0. The van der Waals surface area contributed by atoms with Gasteiger partial charge in [-0.2, -0.15) is 0 Å². The van der Waals surface area contributed by atoms with Crippen LogP contribution in [0, 0.1) is 0 Å². The summed E-state index contributed by atoms with van der Waals surface area (Å²) in [6.45, 7) is 0.955. The maximum Gasteiger partial charge on any atom is 0.219 e. The van der Waals surface area contributed by atoms with Gasteiger partial charge in [-0.05, 0) is 6.42 Å². The molecule has 0 radical (unpaired) electrons. The molecule has 86 valence electrons. The first-order chi connectivity index (χ1) is 7.77.